The first-order chi connectivity index (χ1) is 16.5. The molecule has 3 unspecified atom stereocenters. The fraction of sp³-hybridized carbons (Fsp3) is 0.469. The van der Waals surface area contributed by atoms with E-state index in [1.165, 1.54) is 0 Å². The third-order valence-electron chi connectivity index (χ3n) is 7.31. The van der Waals surface area contributed by atoms with Crippen LogP contribution in [0.1, 0.15) is 91.4 Å². The molecular formula is C32H42O4. The fourth-order valence-electron chi connectivity index (χ4n) is 5.50. The number of aliphatic hydroxyl groups excluding tert-OH is 1. The van der Waals surface area contributed by atoms with Crippen LogP contribution in [-0.2, 0) is 9.59 Å². The molecule has 194 valence electrons. The molecule has 1 saturated carbocycles. The smallest absolute Gasteiger partial charge is 0.184 e. The van der Waals surface area contributed by atoms with Gasteiger partial charge in [-0.3, -0.25) is 14.4 Å². The molecule has 2 aliphatic rings. The Morgan fingerprint density at radius 1 is 0.917 bits per heavy atom. The van der Waals surface area contributed by atoms with Crippen LogP contribution in [-0.4, -0.2) is 22.5 Å². The first-order valence-corrected chi connectivity index (χ1v) is 12.5. The van der Waals surface area contributed by atoms with E-state index < -0.39 is 28.2 Å². The Kier molecular flexibility index (Phi) is 9.23. The summed E-state index contributed by atoms with van der Waals surface area (Å²) in [5.41, 5.74) is 0.640. The zero-order chi connectivity index (χ0) is 26.0. The van der Waals surface area contributed by atoms with E-state index in [2.05, 4.69) is 6.08 Å². The van der Waals surface area contributed by atoms with E-state index in [1.807, 2.05) is 59.8 Å². The minimum atomic E-state index is -1.81. The van der Waals surface area contributed by atoms with Gasteiger partial charge in [0.15, 0.2) is 22.8 Å². The van der Waals surface area contributed by atoms with Gasteiger partial charge >= 0.3 is 0 Å². The summed E-state index contributed by atoms with van der Waals surface area (Å²) in [5.74, 6) is -1.63. The van der Waals surface area contributed by atoms with Gasteiger partial charge in [0.1, 0.15) is 5.76 Å². The van der Waals surface area contributed by atoms with E-state index in [4.69, 9.17) is 0 Å². The highest BCUT2D eigenvalue weighted by Crippen LogP contribution is 2.58. The first-order valence-electron chi connectivity index (χ1n) is 12.5. The fourth-order valence-corrected chi connectivity index (χ4v) is 5.50. The summed E-state index contributed by atoms with van der Waals surface area (Å²) in [5, 5.41) is 11.6. The van der Waals surface area contributed by atoms with Crippen LogP contribution in [0.15, 0.2) is 76.6 Å². The van der Waals surface area contributed by atoms with E-state index in [0.29, 0.717) is 18.4 Å². The van der Waals surface area contributed by atoms with Crippen molar-refractivity contribution in [2.75, 3.05) is 0 Å². The van der Waals surface area contributed by atoms with E-state index in [-0.39, 0.29) is 43.9 Å². The summed E-state index contributed by atoms with van der Waals surface area (Å²) in [6.45, 7) is 11.8. The highest BCUT2D eigenvalue weighted by atomic mass is 16.3. The number of ketones is 3. The SMILES string of the molecule is C.CC(C)=CCC1=C(O)C2(CC=C(C)C)CC(CC=C(C)C)CC(C(=O)c3ccccc3)(C1=O)C2=O. The van der Waals surface area contributed by atoms with Crippen molar-refractivity contribution in [2.24, 2.45) is 16.7 Å². The van der Waals surface area contributed by atoms with Crippen LogP contribution in [0.4, 0.5) is 0 Å². The summed E-state index contributed by atoms with van der Waals surface area (Å²) in [6, 6.07) is 8.65. The van der Waals surface area contributed by atoms with Crippen molar-refractivity contribution in [3.8, 4) is 0 Å². The molecule has 2 bridgehead atoms. The van der Waals surface area contributed by atoms with Gasteiger partial charge in [-0.1, -0.05) is 72.7 Å². The monoisotopic (exact) mass is 490 g/mol. The molecule has 3 atom stereocenters. The van der Waals surface area contributed by atoms with Crippen molar-refractivity contribution in [1.29, 1.82) is 0 Å². The van der Waals surface area contributed by atoms with Crippen molar-refractivity contribution in [3.05, 3.63) is 82.2 Å². The van der Waals surface area contributed by atoms with Gasteiger partial charge in [0.2, 0.25) is 0 Å². The standard InChI is InChI=1S/C31H38O4.CH4/c1-20(2)12-14-23-18-30(17-16-22(5)6)27(33)25(15-13-21(3)4)28(34)31(19-23,29(30)35)26(32)24-10-8-7-9-11-24;/h7-13,16,23,33H,14-15,17-19H2,1-6H3;1H4. The number of allylic oxidation sites excluding steroid dienone is 8. The number of hydrogen-bond donors (Lipinski definition) is 1. The Morgan fingerprint density at radius 3 is 2.06 bits per heavy atom. The topological polar surface area (TPSA) is 71.4 Å². The predicted molar refractivity (Wildman–Crippen MR) is 147 cm³/mol. The zero-order valence-electron chi connectivity index (χ0n) is 21.9. The summed E-state index contributed by atoms with van der Waals surface area (Å²) in [4.78, 5) is 42.6. The van der Waals surface area contributed by atoms with Crippen molar-refractivity contribution < 1.29 is 19.5 Å². The molecule has 0 aliphatic heterocycles. The van der Waals surface area contributed by atoms with Gasteiger partial charge in [-0.2, -0.15) is 0 Å². The van der Waals surface area contributed by atoms with Crippen molar-refractivity contribution >= 4 is 17.3 Å². The average Bonchev–Trinajstić information content (AvgIpc) is 2.81. The number of carbonyl (C=O) groups excluding carboxylic acids is 3. The summed E-state index contributed by atoms with van der Waals surface area (Å²) < 4.78 is 0. The van der Waals surface area contributed by atoms with Crippen LogP contribution >= 0.6 is 0 Å². The zero-order valence-corrected chi connectivity index (χ0v) is 21.9. The maximum atomic E-state index is 14.4. The Bertz CT molecular complexity index is 1140. The van der Waals surface area contributed by atoms with Gasteiger partial charge in [0, 0.05) is 11.1 Å². The third kappa shape index (κ3) is 5.23. The van der Waals surface area contributed by atoms with Crippen molar-refractivity contribution in [3.63, 3.8) is 0 Å². The molecule has 1 aromatic carbocycles. The number of hydrogen-bond acceptors (Lipinski definition) is 4. The molecule has 3 rings (SSSR count). The molecule has 0 radical (unpaired) electrons. The lowest BCUT2D eigenvalue weighted by Gasteiger charge is -2.51. The minimum absolute atomic E-state index is 0. The molecule has 1 fully saturated rings. The molecule has 0 amide bonds. The van der Waals surface area contributed by atoms with Crippen LogP contribution < -0.4 is 0 Å². The Balaban J connectivity index is 0.00000456. The van der Waals surface area contributed by atoms with Crippen LogP contribution in [0.3, 0.4) is 0 Å². The maximum absolute atomic E-state index is 14.4. The quantitative estimate of drug-likeness (QED) is 0.228. The molecule has 4 nitrogen and oxygen atoms in total. The molecule has 0 saturated heterocycles. The van der Waals surface area contributed by atoms with Gasteiger partial charge in [-0.05, 0) is 79.6 Å². The predicted octanol–water partition coefficient (Wildman–Crippen LogP) is 7.92. The van der Waals surface area contributed by atoms with E-state index in [1.54, 1.807) is 24.3 Å². The lowest BCUT2D eigenvalue weighted by atomic mass is 9.48. The lowest BCUT2D eigenvalue weighted by molar-refractivity contribution is -0.151. The van der Waals surface area contributed by atoms with Crippen LogP contribution in [0.5, 0.6) is 0 Å². The highest BCUT2D eigenvalue weighted by Gasteiger charge is 2.68. The summed E-state index contributed by atoms with van der Waals surface area (Å²) in [7, 11) is 0. The number of aliphatic hydroxyl groups is 1. The van der Waals surface area contributed by atoms with E-state index in [9.17, 15) is 19.5 Å². The van der Waals surface area contributed by atoms with Crippen molar-refractivity contribution in [2.45, 2.75) is 81.1 Å². The second kappa shape index (κ2) is 11.4. The second-order valence-corrected chi connectivity index (χ2v) is 10.9. The normalized spacial score (nSPS) is 25.0. The van der Waals surface area contributed by atoms with Crippen LogP contribution in [0.2, 0.25) is 0 Å². The molecule has 4 heteroatoms. The van der Waals surface area contributed by atoms with Gasteiger partial charge < -0.3 is 5.11 Å². The third-order valence-corrected chi connectivity index (χ3v) is 7.31. The molecule has 1 aromatic rings. The molecule has 1 N–H and O–H groups in total. The van der Waals surface area contributed by atoms with E-state index in [0.717, 1.165) is 16.7 Å². The number of fused-ring (bicyclic) bond motifs is 2. The summed E-state index contributed by atoms with van der Waals surface area (Å²) >= 11 is 0. The first kappa shape index (κ1) is 29.2. The molecule has 0 aromatic heterocycles. The van der Waals surface area contributed by atoms with Crippen LogP contribution in [0, 0.1) is 16.7 Å². The number of Topliss-reactive ketones (excluding diaryl/α,β-unsaturated/α-hetero) is 3. The highest BCUT2D eigenvalue weighted by molar-refractivity contribution is 6.35. The van der Waals surface area contributed by atoms with Gasteiger partial charge in [0.05, 0.1) is 5.41 Å². The minimum Gasteiger partial charge on any atom is -0.511 e. The second-order valence-electron chi connectivity index (χ2n) is 10.9. The number of benzene rings is 1. The molecule has 0 spiro atoms. The average molecular weight is 491 g/mol. The molecule has 0 heterocycles. The Hall–Kier alpha value is -3.01. The van der Waals surface area contributed by atoms with Crippen molar-refractivity contribution in [1.82, 2.24) is 0 Å². The number of carbonyl (C=O) groups is 3. The van der Waals surface area contributed by atoms with Gasteiger partial charge in [-0.25, -0.2) is 0 Å². The Labute approximate surface area is 216 Å². The summed E-state index contributed by atoms with van der Waals surface area (Å²) in [6.07, 6.45) is 7.65. The van der Waals surface area contributed by atoms with E-state index >= 15 is 0 Å². The number of rotatable bonds is 8. The Morgan fingerprint density at radius 2 is 1.50 bits per heavy atom. The molecule has 2 aliphatic carbocycles. The largest absolute Gasteiger partial charge is 0.511 e. The van der Waals surface area contributed by atoms with Gasteiger partial charge in [0.25, 0.3) is 0 Å². The van der Waals surface area contributed by atoms with Crippen LogP contribution in [0.25, 0.3) is 0 Å². The lowest BCUT2D eigenvalue weighted by Crippen LogP contribution is -2.62. The van der Waals surface area contributed by atoms with Gasteiger partial charge in [-0.15, -0.1) is 0 Å². The molecule has 36 heavy (non-hydrogen) atoms. The maximum Gasteiger partial charge on any atom is 0.184 e. The molecular weight excluding hydrogens is 448 g/mol.